The van der Waals surface area contributed by atoms with Crippen LogP contribution in [0.15, 0.2) is 72.8 Å². The first kappa shape index (κ1) is 17.9. The number of benzene rings is 3. The van der Waals surface area contributed by atoms with E-state index in [1.807, 2.05) is 79.7 Å². The van der Waals surface area contributed by atoms with Crippen LogP contribution in [0.4, 0.5) is 5.69 Å². The molecule has 0 radical (unpaired) electrons. The van der Waals surface area contributed by atoms with Gasteiger partial charge >= 0.3 is 0 Å². The molecule has 0 saturated heterocycles. The summed E-state index contributed by atoms with van der Waals surface area (Å²) in [5, 5.41) is 2.95. The molecule has 1 heterocycles. The molecule has 1 aromatic heterocycles. The molecule has 0 unspecified atom stereocenters. The van der Waals surface area contributed by atoms with Crippen LogP contribution in [0.1, 0.15) is 21.7 Å². The first-order valence-electron chi connectivity index (χ1n) is 9.09. The Labute approximate surface area is 163 Å². The molecule has 0 aliphatic rings. The summed E-state index contributed by atoms with van der Waals surface area (Å²) in [5.74, 6) is 0.717. The van der Waals surface area contributed by atoms with Crippen molar-refractivity contribution >= 4 is 22.6 Å². The second-order valence-corrected chi connectivity index (χ2v) is 6.62. The SMILES string of the molecule is COCc1cccc(NC(=O)c2ccc3c(c2)nc(C)n3-c2ccccc2)c1. The van der Waals surface area contributed by atoms with Crippen LogP contribution in [-0.2, 0) is 11.3 Å². The molecule has 0 bridgehead atoms. The van der Waals surface area contributed by atoms with E-state index in [4.69, 9.17) is 4.74 Å². The molecule has 28 heavy (non-hydrogen) atoms. The maximum Gasteiger partial charge on any atom is 0.255 e. The summed E-state index contributed by atoms with van der Waals surface area (Å²) in [6, 6.07) is 23.3. The summed E-state index contributed by atoms with van der Waals surface area (Å²) in [5.41, 5.74) is 5.14. The summed E-state index contributed by atoms with van der Waals surface area (Å²) >= 11 is 0. The number of imidazole rings is 1. The van der Waals surface area contributed by atoms with E-state index in [1.54, 1.807) is 7.11 Å². The highest BCUT2D eigenvalue weighted by Gasteiger charge is 2.13. The van der Waals surface area contributed by atoms with E-state index in [-0.39, 0.29) is 5.91 Å². The Hall–Kier alpha value is -3.44. The first-order valence-corrected chi connectivity index (χ1v) is 9.09. The Kier molecular flexibility index (Phi) is 4.91. The van der Waals surface area contributed by atoms with E-state index in [0.717, 1.165) is 33.8 Å². The average molecular weight is 371 g/mol. The van der Waals surface area contributed by atoms with E-state index in [0.29, 0.717) is 12.2 Å². The minimum absolute atomic E-state index is 0.164. The number of nitrogens with one attached hydrogen (secondary N) is 1. The third kappa shape index (κ3) is 3.52. The van der Waals surface area contributed by atoms with Gasteiger partial charge in [-0.15, -0.1) is 0 Å². The standard InChI is InChI=1S/C23H21N3O2/c1-16-24-21-14-18(11-12-22(21)26(16)20-9-4-3-5-10-20)23(27)25-19-8-6-7-17(13-19)15-28-2/h3-14H,15H2,1-2H3,(H,25,27). The van der Waals surface area contributed by atoms with Gasteiger partial charge in [-0.1, -0.05) is 30.3 Å². The van der Waals surface area contributed by atoms with Crippen LogP contribution in [0, 0.1) is 6.92 Å². The number of hydrogen-bond donors (Lipinski definition) is 1. The highest BCUT2D eigenvalue weighted by molar-refractivity contribution is 6.06. The molecule has 4 rings (SSSR count). The lowest BCUT2D eigenvalue weighted by atomic mass is 10.1. The Balaban J connectivity index is 1.63. The van der Waals surface area contributed by atoms with Crippen LogP contribution in [-0.4, -0.2) is 22.6 Å². The predicted octanol–water partition coefficient (Wildman–Crippen LogP) is 4.73. The number of aromatic nitrogens is 2. The van der Waals surface area contributed by atoms with E-state index >= 15 is 0 Å². The molecule has 3 aromatic carbocycles. The number of rotatable bonds is 5. The van der Waals surface area contributed by atoms with Crippen molar-refractivity contribution in [3.05, 3.63) is 89.7 Å². The normalized spacial score (nSPS) is 10.9. The fraction of sp³-hybridized carbons (Fsp3) is 0.130. The molecule has 5 nitrogen and oxygen atoms in total. The number of nitrogens with zero attached hydrogens (tertiary/aromatic N) is 2. The van der Waals surface area contributed by atoms with Crippen LogP contribution in [0.2, 0.25) is 0 Å². The molecule has 0 fully saturated rings. The maximum absolute atomic E-state index is 12.7. The zero-order valence-electron chi connectivity index (χ0n) is 15.8. The lowest BCUT2D eigenvalue weighted by Crippen LogP contribution is -2.12. The van der Waals surface area contributed by atoms with Gasteiger partial charge in [-0.05, 0) is 55.0 Å². The average Bonchev–Trinajstić information content (AvgIpc) is 3.04. The van der Waals surface area contributed by atoms with Crippen molar-refractivity contribution < 1.29 is 9.53 Å². The van der Waals surface area contributed by atoms with E-state index < -0.39 is 0 Å². The Bertz CT molecular complexity index is 1130. The number of para-hydroxylation sites is 1. The summed E-state index contributed by atoms with van der Waals surface area (Å²) < 4.78 is 7.24. The van der Waals surface area contributed by atoms with E-state index in [2.05, 4.69) is 14.9 Å². The quantitative estimate of drug-likeness (QED) is 0.552. The van der Waals surface area contributed by atoms with Crippen molar-refractivity contribution in [3.8, 4) is 5.69 Å². The Morgan fingerprint density at radius 2 is 1.86 bits per heavy atom. The van der Waals surface area contributed by atoms with Gasteiger partial charge < -0.3 is 10.1 Å². The van der Waals surface area contributed by atoms with Gasteiger partial charge in [0.15, 0.2) is 0 Å². The highest BCUT2D eigenvalue weighted by Crippen LogP contribution is 2.23. The van der Waals surface area contributed by atoms with Crippen molar-refractivity contribution in [2.24, 2.45) is 0 Å². The van der Waals surface area contributed by atoms with Crippen LogP contribution < -0.4 is 5.32 Å². The number of carbonyl (C=O) groups is 1. The van der Waals surface area contributed by atoms with Gasteiger partial charge in [0.1, 0.15) is 5.82 Å². The predicted molar refractivity (Wildman–Crippen MR) is 111 cm³/mol. The molecule has 0 spiro atoms. The van der Waals surface area contributed by atoms with Crippen molar-refractivity contribution in [2.45, 2.75) is 13.5 Å². The molecule has 0 saturated carbocycles. The number of aryl methyl sites for hydroxylation is 1. The number of methoxy groups -OCH3 is 1. The van der Waals surface area contributed by atoms with Crippen molar-refractivity contribution in [1.29, 1.82) is 0 Å². The second-order valence-electron chi connectivity index (χ2n) is 6.62. The number of anilines is 1. The fourth-order valence-corrected chi connectivity index (χ4v) is 3.35. The van der Waals surface area contributed by atoms with Gasteiger partial charge in [0, 0.05) is 24.0 Å². The summed E-state index contributed by atoms with van der Waals surface area (Å²) in [6.45, 7) is 2.47. The molecule has 0 aliphatic carbocycles. The minimum Gasteiger partial charge on any atom is -0.380 e. The maximum atomic E-state index is 12.7. The highest BCUT2D eigenvalue weighted by atomic mass is 16.5. The van der Waals surface area contributed by atoms with Gasteiger partial charge in [-0.3, -0.25) is 9.36 Å². The first-order chi connectivity index (χ1) is 13.7. The Morgan fingerprint density at radius 3 is 2.64 bits per heavy atom. The third-order valence-electron chi connectivity index (χ3n) is 4.59. The molecule has 1 amide bonds. The smallest absolute Gasteiger partial charge is 0.255 e. The van der Waals surface area contributed by atoms with Crippen LogP contribution in [0.25, 0.3) is 16.7 Å². The third-order valence-corrected chi connectivity index (χ3v) is 4.59. The molecule has 1 N–H and O–H groups in total. The molecular weight excluding hydrogens is 350 g/mol. The van der Waals surface area contributed by atoms with Crippen LogP contribution in [0.3, 0.4) is 0 Å². The number of carbonyl (C=O) groups excluding carboxylic acids is 1. The van der Waals surface area contributed by atoms with E-state index in [1.165, 1.54) is 0 Å². The summed E-state index contributed by atoms with van der Waals surface area (Å²) in [6.07, 6.45) is 0. The number of ether oxygens (including phenoxy) is 1. The second kappa shape index (κ2) is 7.66. The van der Waals surface area contributed by atoms with Crippen molar-refractivity contribution in [1.82, 2.24) is 9.55 Å². The van der Waals surface area contributed by atoms with Gasteiger partial charge in [0.05, 0.1) is 17.6 Å². The minimum atomic E-state index is -0.164. The Morgan fingerprint density at radius 1 is 1.04 bits per heavy atom. The number of fused-ring (bicyclic) bond motifs is 1. The van der Waals surface area contributed by atoms with Gasteiger partial charge in [0.2, 0.25) is 0 Å². The summed E-state index contributed by atoms with van der Waals surface area (Å²) in [7, 11) is 1.65. The number of hydrogen-bond acceptors (Lipinski definition) is 3. The van der Waals surface area contributed by atoms with Crippen molar-refractivity contribution in [2.75, 3.05) is 12.4 Å². The zero-order chi connectivity index (χ0) is 19.5. The molecule has 4 aromatic rings. The largest absolute Gasteiger partial charge is 0.380 e. The monoisotopic (exact) mass is 371 g/mol. The zero-order valence-corrected chi connectivity index (χ0v) is 15.8. The fourth-order valence-electron chi connectivity index (χ4n) is 3.35. The van der Waals surface area contributed by atoms with Crippen LogP contribution >= 0.6 is 0 Å². The van der Waals surface area contributed by atoms with Gasteiger partial charge in [-0.25, -0.2) is 4.98 Å². The van der Waals surface area contributed by atoms with Crippen LogP contribution in [0.5, 0.6) is 0 Å². The van der Waals surface area contributed by atoms with Gasteiger partial charge in [-0.2, -0.15) is 0 Å². The van der Waals surface area contributed by atoms with Crippen molar-refractivity contribution in [3.63, 3.8) is 0 Å². The lowest BCUT2D eigenvalue weighted by molar-refractivity contribution is 0.102. The lowest BCUT2D eigenvalue weighted by Gasteiger charge is -2.08. The molecule has 140 valence electrons. The number of amides is 1. The summed E-state index contributed by atoms with van der Waals surface area (Å²) in [4.78, 5) is 17.4. The molecule has 0 aliphatic heterocycles. The molecule has 5 heteroatoms. The van der Waals surface area contributed by atoms with E-state index in [9.17, 15) is 4.79 Å². The molecule has 0 atom stereocenters. The molecular formula is C23H21N3O2. The van der Waals surface area contributed by atoms with Gasteiger partial charge in [0.25, 0.3) is 5.91 Å². The topological polar surface area (TPSA) is 56.1 Å².